The van der Waals surface area contributed by atoms with Crippen molar-refractivity contribution >= 4 is 23.0 Å². The van der Waals surface area contributed by atoms with Crippen molar-refractivity contribution in [2.45, 2.75) is 6.10 Å². The maximum atomic E-state index is 11.2. The van der Waals surface area contributed by atoms with Crippen molar-refractivity contribution in [2.75, 3.05) is 51.3 Å². The van der Waals surface area contributed by atoms with Crippen LogP contribution in [-0.2, 0) is 4.74 Å². The molecule has 1 fully saturated rings. The Labute approximate surface area is 134 Å². The Hall–Kier alpha value is -1.41. The fourth-order valence-electron chi connectivity index (χ4n) is 2.76. The van der Waals surface area contributed by atoms with Crippen molar-refractivity contribution in [3.8, 4) is 0 Å². The van der Waals surface area contributed by atoms with Gasteiger partial charge in [-0.25, -0.2) is 0 Å². The number of aliphatic hydroxyl groups excluding tert-OH is 1. The number of nitro groups is 1. The Bertz CT molecular complexity index is 521. The number of rotatable bonds is 6. The second kappa shape index (κ2) is 7.73. The van der Waals surface area contributed by atoms with Gasteiger partial charge in [-0.15, -0.1) is 0 Å². The summed E-state index contributed by atoms with van der Waals surface area (Å²) in [5, 5.41) is 21.3. The number of nitro benzene ring substituents is 1. The summed E-state index contributed by atoms with van der Waals surface area (Å²) in [6.45, 7) is 4.01. The van der Waals surface area contributed by atoms with Gasteiger partial charge in [0.05, 0.1) is 37.7 Å². The van der Waals surface area contributed by atoms with Crippen LogP contribution < -0.4 is 9.80 Å². The van der Waals surface area contributed by atoms with Gasteiger partial charge in [-0.1, -0.05) is 11.6 Å². The fraction of sp³-hybridized carbons (Fsp3) is 0.571. The Balaban J connectivity index is 1.98. The van der Waals surface area contributed by atoms with Gasteiger partial charge in [0.1, 0.15) is 18.3 Å². The van der Waals surface area contributed by atoms with Gasteiger partial charge in [0.15, 0.2) is 0 Å². The summed E-state index contributed by atoms with van der Waals surface area (Å²) in [6.07, 6.45) is -0.476. The highest BCUT2D eigenvalue weighted by atomic mass is 35.5. The molecule has 1 saturated heterocycles. The molecule has 1 atom stereocenters. The zero-order valence-electron chi connectivity index (χ0n) is 12.5. The molecule has 2 N–H and O–H groups in total. The van der Waals surface area contributed by atoms with E-state index in [-0.39, 0.29) is 5.69 Å². The van der Waals surface area contributed by atoms with Crippen LogP contribution in [0.25, 0.3) is 0 Å². The van der Waals surface area contributed by atoms with Crippen molar-refractivity contribution in [1.29, 1.82) is 0 Å². The summed E-state index contributed by atoms with van der Waals surface area (Å²) in [4.78, 5) is 14.0. The molecule has 1 aromatic rings. The highest BCUT2D eigenvalue weighted by molar-refractivity contribution is 6.30. The van der Waals surface area contributed by atoms with E-state index in [4.69, 9.17) is 16.3 Å². The lowest BCUT2D eigenvalue weighted by molar-refractivity contribution is -0.903. The molecule has 0 spiro atoms. The van der Waals surface area contributed by atoms with Crippen LogP contribution in [-0.4, -0.2) is 62.6 Å². The lowest BCUT2D eigenvalue weighted by Gasteiger charge is -2.34. The number of hydrogen-bond acceptors (Lipinski definition) is 5. The number of benzene rings is 1. The summed E-state index contributed by atoms with van der Waals surface area (Å²) in [6, 6.07) is 4.76. The number of nitrogens with zero attached hydrogens (tertiary/aromatic N) is 2. The number of hydrogen-bond donors (Lipinski definition) is 2. The van der Waals surface area contributed by atoms with E-state index in [0.29, 0.717) is 37.0 Å². The van der Waals surface area contributed by atoms with Crippen LogP contribution in [0.3, 0.4) is 0 Å². The van der Waals surface area contributed by atoms with Gasteiger partial charge in [-0.3, -0.25) is 10.1 Å². The Morgan fingerprint density at radius 1 is 1.50 bits per heavy atom. The standard InChI is InChI=1S/C14H20ClN3O4/c1-22-10-12(19)9-16-4-6-17(7-5-16)13-3-2-11(15)8-14(13)18(20)21/h2-3,8,12,19H,4-7,9-10H2,1H3/p+1/t12-/m0/s1. The number of piperazine rings is 1. The van der Waals surface area contributed by atoms with Crippen molar-refractivity contribution in [3.63, 3.8) is 0 Å². The van der Waals surface area contributed by atoms with Crippen LogP contribution in [0, 0.1) is 10.1 Å². The molecule has 7 nitrogen and oxygen atoms in total. The number of quaternary nitrogens is 1. The normalized spacial score (nSPS) is 17.5. The number of aliphatic hydroxyl groups is 1. The minimum atomic E-state index is -0.476. The molecular formula is C14H21ClN3O4+. The fourth-order valence-corrected chi connectivity index (χ4v) is 2.93. The van der Waals surface area contributed by atoms with Crippen LogP contribution >= 0.6 is 11.6 Å². The second-order valence-electron chi connectivity index (χ2n) is 5.44. The molecule has 0 radical (unpaired) electrons. The zero-order valence-corrected chi connectivity index (χ0v) is 13.3. The SMILES string of the molecule is COC[C@@H](O)C[NH+]1CCN(c2ccc(Cl)cc2[N+](=O)[O-])CC1. The number of anilines is 1. The summed E-state index contributed by atoms with van der Waals surface area (Å²) >= 11 is 5.84. The molecule has 1 aliphatic heterocycles. The molecule has 2 rings (SSSR count). The third kappa shape index (κ3) is 4.30. The first-order valence-corrected chi connectivity index (χ1v) is 7.58. The monoisotopic (exact) mass is 330 g/mol. The van der Waals surface area contributed by atoms with Gasteiger partial charge in [0.2, 0.25) is 0 Å². The molecule has 8 heteroatoms. The molecule has 0 amide bonds. The molecule has 0 unspecified atom stereocenters. The second-order valence-corrected chi connectivity index (χ2v) is 5.88. The first-order chi connectivity index (χ1) is 10.5. The van der Waals surface area contributed by atoms with Gasteiger partial charge in [-0.2, -0.15) is 0 Å². The average Bonchev–Trinajstić information content (AvgIpc) is 2.48. The molecule has 22 heavy (non-hydrogen) atoms. The number of ether oxygens (including phenoxy) is 1. The third-order valence-corrected chi connectivity index (χ3v) is 4.06. The van der Waals surface area contributed by atoms with Crippen molar-refractivity contribution < 1.29 is 19.7 Å². The first-order valence-electron chi connectivity index (χ1n) is 7.20. The lowest BCUT2D eigenvalue weighted by Crippen LogP contribution is -3.16. The van der Waals surface area contributed by atoms with Crippen LogP contribution in [0.4, 0.5) is 11.4 Å². The molecule has 122 valence electrons. The molecule has 1 aliphatic rings. The quantitative estimate of drug-likeness (QED) is 0.565. The first kappa shape index (κ1) is 17.0. The number of nitrogens with one attached hydrogen (secondary N) is 1. The Morgan fingerprint density at radius 2 is 2.18 bits per heavy atom. The van der Waals surface area contributed by atoms with Gasteiger partial charge in [0.25, 0.3) is 5.69 Å². The van der Waals surface area contributed by atoms with Crippen LogP contribution in [0.2, 0.25) is 5.02 Å². The van der Waals surface area contributed by atoms with E-state index in [0.717, 1.165) is 13.1 Å². The summed E-state index contributed by atoms with van der Waals surface area (Å²) in [7, 11) is 1.57. The highest BCUT2D eigenvalue weighted by Gasteiger charge is 2.26. The van der Waals surface area contributed by atoms with Gasteiger partial charge < -0.3 is 19.6 Å². The van der Waals surface area contributed by atoms with Gasteiger partial charge in [0, 0.05) is 18.2 Å². The van der Waals surface area contributed by atoms with Crippen LogP contribution in [0.15, 0.2) is 18.2 Å². The molecule has 1 aromatic carbocycles. The van der Waals surface area contributed by atoms with E-state index >= 15 is 0 Å². The molecule has 0 aliphatic carbocycles. The van der Waals surface area contributed by atoms with Gasteiger partial charge in [-0.05, 0) is 12.1 Å². The number of halogens is 1. The maximum absolute atomic E-state index is 11.2. The Morgan fingerprint density at radius 3 is 2.77 bits per heavy atom. The van der Waals surface area contributed by atoms with E-state index in [9.17, 15) is 15.2 Å². The van der Waals surface area contributed by atoms with Crippen LogP contribution in [0.1, 0.15) is 0 Å². The predicted octanol–water partition coefficient (Wildman–Crippen LogP) is -0.0396. The van der Waals surface area contributed by atoms with Crippen molar-refractivity contribution in [3.05, 3.63) is 33.3 Å². The summed E-state index contributed by atoms with van der Waals surface area (Å²) in [5.41, 5.74) is 0.640. The highest BCUT2D eigenvalue weighted by Crippen LogP contribution is 2.30. The molecule has 0 bridgehead atoms. The minimum Gasteiger partial charge on any atom is -0.385 e. The zero-order chi connectivity index (χ0) is 16.1. The third-order valence-electron chi connectivity index (χ3n) is 3.83. The Kier molecular flexibility index (Phi) is 5.96. The van der Waals surface area contributed by atoms with Crippen molar-refractivity contribution in [2.24, 2.45) is 0 Å². The van der Waals surface area contributed by atoms with Crippen LogP contribution in [0.5, 0.6) is 0 Å². The molecule has 1 heterocycles. The lowest BCUT2D eigenvalue weighted by atomic mass is 10.2. The average molecular weight is 331 g/mol. The topological polar surface area (TPSA) is 80.3 Å². The summed E-state index contributed by atoms with van der Waals surface area (Å²) in [5.74, 6) is 0. The van der Waals surface area contributed by atoms with E-state index in [1.807, 2.05) is 4.90 Å². The van der Waals surface area contributed by atoms with Crippen molar-refractivity contribution in [1.82, 2.24) is 0 Å². The van der Waals surface area contributed by atoms with E-state index in [1.165, 1.54) is 11.0 Å². The van der Waals surface area contributed by atoms with Gasteiger partial charge >= 0.3 is 0 Å². The van der Waals surface area contributed by atoms with E-state index in [2.05, 4.69) is 0 Å². The predicted molar refractivity (Wildman–Crippen MR) is 83.8 cm³/mol. The molecular weight excluding hydrogens is 310 g/mol. The largest absolute Gasteiger partial charge is 0.385 e. The molecule has 0 aromatic heterocycles. The smallest absolute Gasteiger partial charge is 0.294 e. The van der Waals surface area contributed by atoms with E-state index in [1.54, 1.807) is 19.2 Å². The maximum Gasteiger partial charge on any atom is 0.294 e. The summed E-state index contributed by atoms with van der Waals surface area (Å²) < 4.78 is 4.93. The number of methoxy groups -OCH3 is 1. The van der Waals surface area contributed by atoms with E-state index < -0.39 is 11.0 Å². The molecule has 0 saturated carbocycles. The minimum absolute atomic E-state index is 0.0374.